The molecule has 2 amide bonds. The Hall–Kier alpha value is -2.71. The zero-order valence-electron chi connectivity index (χ0n) is 15.8. The minimum absolute atomic E-state index is 0.117. The molecule has 2 rings (SSSR count). The zero-order valence-corrected chi connectivity index (χ0v) is 15.8. The number of alkyl halides is 2. The van der Waals surface area contributed by atoms with Crippen LogP contribution in [-0.4, -0.2) is 51.1 Å². The first-order valence-corrected chi connectivity index (χ1v) is 8.18. The minimum Gasteiger partial charge on any atom is -0.465 e. The van der Waals surface area contributed by atoms with E-state index in [-0.39, 0.29) is 22.5 Å². The van der Waals surface area contributed by atoms with Gasteiger partial charge in [-0.3, -0.25) is 10.1 Å². The number of hydrogen-bond acceptors (Lipinski definition) is 5. The van der Waals surface area contributed by atoms with Crippen LogP contribution in [0.25, 0.3) is 0 Å². The lowest BCUT2D eigenvalue weighted by Crippen LogP contribution is -2.43. The number of nitrogens with one attached hydrogen (secondary N) is 1. The Morgan fingerprint density at radius 1 is 1.22 bits per heavy atom. The van der Waals surface area contributed by atoms with Crippen molar-refractivity contribution in [3.63, 3.8) is 0 Å². The van der Waals surface area contributed by atoms with Crippen molar-refractivity contribution in [2.75, 3.05) is 37.7 Å². The van der Waals surface area contributed by atoms with Crippen LogP contribution >= 0.6 is 0 Å². The molecule has 0 atom stereocenters. The van der Waals surface area contributed by atoms with Crippen LogP contribution in [0.5, 0.6) is 0 Å². The number of ether oxygens (including phenoxy) is 2. The van der Waals surface area contributed by atoms with Gasteiger partial charge in [0.25, 0.3) is 0 Å². The van der Waals surface area contributed by atoms with E-state index in [1.165, 1.54) is 19.2 Å². The number of nitrogens with zero attached hydrogens (tertiary/aromatic N) is 1. The summed E-state index contributed by atoms with van der Waals surface area (Å²) >= 11 is 0. The van der Waals surface area contributed by atoms with Crippen molar-refractivity contribution in [1.82, 2.24) is 0 Å². The molecule has 7 nitrogen and oxygen atoms in total. The quantitative estimate of drug-likeness (QED) is 0.807. The molecule has 0 bridgehead atoms. The summed E-state index contributed by atoms with van der Waals surface area (Å²) < 4.78 is 37.7. The molecule has 27 heavy (non-hydrogen) atoms. The van der Waals surface area contributed by atoms with Crippen molar-refractivity contribution in [2.45, 2.75) is 31.8 Å². The van der Waals surface area contributed by atoms with E-state index in [0.29, 0.717) is 0 Å². The summed E-state index contributed by atoms with van der Waals surface area (Å²) in [5, 5.41) is 2.37. The Morgan fingerprint density at radius 3 is 2.30 bits per heavy atom. The summed E-state index contributed by atoms with van der Waals surface area (Å²) in [6.07, 6.45) is -0.935. The molecular formula is C18H22F2N2O5. The third-order valence-electron chi connectivity index (χ3n) is 4.22. The summed E-state index contributed by atoms with van der Waals surface area (Å²) in [6.45, 7) is 2.22. The summed E-state index contributed by atoms with van der Waals surface area (Å²) in [5.74, 6) is -1.64. The number of likely N-dealkylation sites (N-methyl/N-ethyl adjacent to an activating group) is 1. The Kier molecular flexibility index (Phi) is 5.44. The van der Waals surface area contributed by atoms with Gasteiger partial charge >= 0.3 is 12.1 Å². The Balaban J connectivity index is 2.71. The van der Waals surface area contributed by atoms with Crippen molar-refractivity contribution < 1.29 is 32.6 Å². The summed E-state index contributed by atoms with van der Waals surface area (Å²) in [6, 6.07) is 2.69. The van der Waals surface area contributed by atoms with Gasteiger partial charge in [-0.15, -0.1) is 0 Å². The lowest BCUT2D eigenvalue weighted by Gasteiger charge is -2.25. The van der Waals surface area contributed by atoms with Crippen LogP contribution in [-0.2, 0) is 19.7 Å². The first-order chi connectivity index (χ1) is 12.5. The van der Waals surface area contributed by atoms with Crippen molar-refractivity contribution in [3.05, 3.63) is 23.3 Å². The van der Waals surface area contributed by atoms with Crippen LogP contribution in [0.1, 0.15) is 36.7 Å². The highest BCUT2D eigenvalue weighted by molar-refractivity contribution is 6.13. The Morgan fingerprint density at radius 2 is 1.81 bits per heavy atom. The highest BCUT2D eigenvalue weighted by Crippen LogP contribution is 2.47. The van der Waals surface area contributed by atoms with Gasteiger partial charge in [-0.2, -0.15) is 0 Å². The van der Waals surface area contributed by atoms with E-state index in [4.69, 9.17) is 9.47 Å². The van der Waals surface area contributed by atoms with Gasteiger partial charge in [-0.1, -0.05) is 0 Å². The van der Waals surface area contributed by atoms with Crippen LogP contribution in [0, 0.1) is 0 Å². The molecule has 0 saturated carbocycles. The lowest BCUT2D eigenvalue weighted by atomic mass is 9.82. The van der Waals surface area contributed by atoms with E-state index in [1.807, 2.05) is 0 Å². The fraction of sp³-hybridized carbons (Fsp3) is 0.500. The second-order valence-electron chi connectivity index (χ2n) is 7.21. The van der Waals surface area contributed by atoms with Gasteiger partial charge in [-0.05, 0) is 32.9 Å². The van der Waals surface area contributed by atoms with Gasteiger partial charge in [0.15, 0.2) is 0 Å². The third kappa shape index (κ3) is 3.45. The number of anilines is 2. The summed E-state index contributed by atoms with van der Waals surface area (Å²) in [4.78, 5) is 38.1. The largest absolute Gasteiger partial charge is 0.465 e. The molecule has 9 heteroatoms. The van der Waals surface area contributed by atoms with Gasteiger partial charge < -0.3 is 14.4 Å². The van der Waals surface area contributed by atoms with E-state index in [1.54, 1.807) is 20.8 Å². The predicted molar refractivity (Wildman–Crippen MR) is 94.7 cm³/mol. The van der Waals surface area contributed by atoms with Crippen LogP contribution in [0.4, 0.5) is 25.0 Å². The van der Waals surface area contributed by atoms with Crippen molar-refractivity contribution in [3.8, 4) is 0 Å². The molecular weight excluding hydrogens is 362 g/mol. The molecule has 0 spiro atoms. The number of hydrogen-bond donors (Lipinski definition) is 1. The molecule has 0 aliphatic carbocycles. The number of fused-ring (bicyclic) bond motifs is 1. The highest BCUT2D eigenvalue weighted by Gasteiger charge is 2.53. The van der Waals surface area contributed by atoms with Crippen molar-refractivity contribution in [2.24, 2.45) is 0 Å². The van der Waals surface area contributed by atoms with E-state index in [2.05, 4.69) is 5.32 Å². The molecule has 1 aromatic carbocycles. The molecule has 1 aromatic rings. The molecule has 0 aromatic heterocycles. The average Bonchev–Trinajstić information content (AvgIpc) is 2.81. The molecule has 1 aliphatic heterocycles. The van der Waals surface area contributed by atoms with E-state index < -0.39 is 42.3 Å². The minimum atomic E-state index is -2.15. The second-order valence-corrected chi connectivity index (χ2v) is 7.21. The normalized spacial score (nSPS) is 15.4. The van der Waals surface area contributed by atoms with Crippen LogP contribution in [0.15, 0.2) is 12.1 Å². The number of halogens is 2. The van der Waals surface area contributed by atoms with Crippen molar-refractivity contribution >= 4 is 29.3 Å². The number of benzene rings is 1. The number of carbonyl (C=O) groups is 3. The summed E-state index contributed by atoms with van der Waals surface area (Å²) in [7, 11) is 2.49. The SMILES string of the molecule is COC(=O)c1ccc2c(c1NC(=O)OC(C)(C)C)C(CF)(CF)C(=O)N2C. The van der Waals surface area contributed by atoms with Gasteiger partial charge in [0.05, 0.1) is 18.4 Å². The smallest absolute Gasteiger partial charge is 0.412 e. The predicted octanol–water partition coefficient (Wildman–Crippen LogP) is 2.97. The zero-order chi connectivity index (χ0) is 20.6. The van der Waals surface area contributed by atoms with E-state index in [9.17, 15) is 23.2 Å². The van der Waals surface area contributed by atoms with Crippen LogP contribution in [0.2, 0.25) is 0 Å². The molecule has 148 valence electrons. The Bertz CT molecular complexity index is 785. The van der Waals surface area contributed by atoms with Gasteiger partial charge in [-0.25, -0.2) is 18.4 Å². The molecule has 1 N–H and O–H groups in total. The first-order valence-electron chi connectivity index (χ1n) is 8.18. The van der Waals surface area contributed by atoms with Gasteiger partial charge in [0.2, 0.25) is 5.91 Å². The first kappa shape index (κ1) is 20.6. The molecule has 1 heterocycles. The monoisotopic (exact) mass is 384 g/mol. The third-order valence-corrected chi connectivity index (χ3v) is 4.22. The maximum atomic E-state index is 13.9. The summed E-state index contributed by atoms with van der Waals surface area (Å²) in [5.41, 5.74) is -3.28. The number of amides is 2. The van der Waals surface area contributed by atoms with Gasteiger partial charge in [0, 0.05) is 18.3 Å². The Labute approximate surface area is 155 Å². The number of methoxy groups -OCH3 is 1. The van der Waals surface area contributed by atoms with Crippen molar-refractivity contribution in [1.29, 1.82) is 0 Å². The molecule has 0 radical (unpaired) electrons. The molecule has 1 aliphatic rings. The molecule has 0 saturated heterocycles. The van der Waals surface area contributed by atoms with Crippen LogP contribution < -0.4 is 10.2 Å². The van der Waals surface area contributed by atoms with Gasteiger partial charge in [0.1, 0.15) is 24.4 Å². The maximum absolute atomic E-state index is 13.9. The highest BCUT2D eigenvalue weighted by atomic mass is 19.1. The second kappa shape index (κ2) is 7.13. The fourth-order valence-corrected chi connectivity index (χ4v) is 2.99. The molecule has 0 unspecified atom stereocenters. The average molecular weight is 384 g/mol. The topological polar surface area (TPSA) is 84.9 Å². The van der Waals surface area contributed by atoms with E-state index in [0.717, 1.165) is 12.0 Å². The maximum Gasteiger partial charge on any atom is 0.412 e. The fourth-order valence-electron chi connectivity index (χ4n) is 2.99. The number of carbonyl (C=O) groups excluding carboxylic acids is 3. The van der Waals surface area contributed by atoms with E-state index >= 15 is 0 Å². The van der Waals surface area contributed by atoms with Crippen LogP contribution in [0.3, 0.4) is 0 Å². The number of rotatable bonds is 4. The molecule has 0 fully saturated rings. The lowest BCUT2D eigenvalue weighted by molar-refractivity contribution is -0.124. The number of esters is 1. The standard InChI is InChI=1S/C18H22F2N2O5/c1-17(2,3)27-16(25)21-13-10(14(23)26-5)6-7-11-12(13)18(8-19,9-20)15(24)22(11)4/h6-7H,8-9H2,1-5H3,(H,21,25).